The third kappa shape index (κ3) is 5.41. The number of rotatable bonds is 8. The largest absolute Gasteiger partial charge is 0.432 e. The molecule has 3 aromatic rings. The number of alkyl halides is 4. The molecule has 0 heterocycles. The van der Waals surface area contributed by atoms with Gasteiger partial charge >= 0.3 is 12.7 Å². The fourth-order valence-corrected chi connectivity index (χ4v) is 3.32. The van der Waals surface area contributed by atoms with Crippen molar-refractivity contribution in [2.45, 2.75) is 32.5 Å². The van der Waals surface area contributed by atoms with E-state index in [9.17, 15) is 40.2 Å². The summed E-state index contributed by atoms with van der Waals surface area (Å²) in [6.45, 7) is -1.84. The van der Waals surface area contributed by atoms with Crippen molar-refractivity contribution in [2.24, 2.45) is 0 Å². The molecular formula is C23H14F9O3. The number of hydrogen-bond donors (Lipinski definition) is 0. The molecule has 0 aliphatic carbocycles. The smallest absolute Gasteiger partial charge is 0.429 e. The zero-order valence-corrected chi connectivity index (χ0v) is 17.6. The van der Waals surface area contributed by atoms with Crippen LogP contribution in [-0.4, -0.2) is 6.61 Å². The van der Waals surface area contributed by atoms with Crippen LogP contribution in [0.4, 0.5) is 39.5 Å². The van der Waals surface area contributed by atoms with Crippen LogP contribution in [0.15, 0.2) is 36.4 Å². The first-order chi connectivity index (χ1) is 16.4. The number of aryl methyl sites for hydroxylation is 1. The molecule has 0 aliphatic rings. The molecule has 0 unspecified atom stereocenters. The van der Waals surface area contributed by atoms with Gasteiger partial charge in [0.1, 0.15) is 22.9 Å². The molecule has 35 heavy (non-hydrogen) atoms. The molecule has 0 spiro atoms. The van der Waals surface area contributed by atoms with E-state index in [0.717, 1.165) is 12.1 Å². The maximum Gasteiger partial charge on any atom is 0.432 e. The summed E-state index contributed by atoms with van der Waals surface area (Å²) in [4.78, 5) is 0. The lowest BCUT2D eigenvalue weighted by Gasteiger charge is -2.21. The molecule has 0 N–H and O–H groups in total. The Morgan fingerprint density at radius 2 is 1.51 bits per heavy atom. The van der Waals surface area contributed by atoms with Crippen LogP contribution in [0.5, 0.6) is 17.2 Å². The lowest BCUT2D eigenvalue weighted by atomic mass is 9.97. The van der Waals surface area contributed by atoms with Gasteiger partial charge < -0.3 is 9.47 Å². The monoisotopic (exact) mass is 509 g/mol. The lowest BCUT2D eigenvalue weighted by Crippen LogP contribution is -2.26. The van der Waals surface area contributed by atoms with E-state index in [2.05, 4.69) is 9.47 Å². The van der Waals surface area contributed by atoms with E-state index in [1.165, 1.54) is 6.07 Å². The first-order valence-electron chi connectivity index (χ1n) is 9.84. The molecule has 0 amide bonds. The van der Waals surface area contributed by atoms with Crippen molar-refractivity contribution in [3.8, 4) is 28.4 Å². The van der Waals surface area contributed by atoms with E-state index in [0.29, 0.717) is 18.4 Å². The van der Waals surface area contributed by atoms with Gasteiger partial charge in [0.05, 0.1) is 5.56 Å². The Labute approximate surface area is 192 Å². The summed E-state index contributed by atoms with van der Waals surface area (Å²) in [5.74, 6) is -13.5. The number of hydrogen-bond acceptors (Lipinski definition) is 2. The van der Waals surface area contributed by atoms with Crippen molar-refractivity contribution in [1.29, 1.82) is 0 Å². The van der Waals surface area contributed by atoms with Gasteiger partial charge in [0.25, 0.3) is 0 Å². The number of ether oxygens (including phenoxy) is 2. The molecule has 3 nitrogen and oxygen atoms in total. The molecule has 0 aromatic heterocycles. The minimum absolute atomic E-state index is 0.0134. The third-order valence-electron chi connectivity index (χ3n) is 4.74. The van der Waals surface area contributed by atoms with Crippen LogP contribution >= 0.6 is 0 Å². The molecule has 3 aromatic carbocycles. The molecular weight excluding hydrogens is 495 g/mol. The van der Waals surface area contributed by atoms with Crippen molar-refractivity contribution in [2.75, 3.05) is 0 Å². The highest BCUT2D eigenvalue weighted by molar-refractivity contribution is 5.72. The average Bonchev–Trinajstić information content (AvgIpc) is 2.71. The van der Waals surface area contributed by atoms with E-state index in [-0.39, 0.29) is 18.2 Å². The van der Waals surface area contributed by atoms with Crippen LogP contribution in [0.1, 0.15) is 24.5 Å². The highest BCUT2D eigenvalue weighted by atomic mass is 19.3. The first kappa shape index (κ1) is 26.0. The Kier molecular flexibility index (Phi) is 7.41. The van der Waals surface area contributed by atoms with Crippen molar-refractivity contribution in [3.63, 3.8) is 0 Å². The van der Waals surface area contributed by atoms with Crippen LogP contribution in [0.2, 0.25) is 0 Å². The fourth-order valence-electron chi connectivity index (χ4n) is 3.32. The standard InChI is InChI=1S/C23H14F9O3/c1-2-3-10-4-5-12(13(24)6-10)18-17(33)9-14(25)19(20(18)28)23(31,32)35-11-7-15(26)21(16(27)8-11)34-22(29)30/h4-9,22H,2-3H2,1H3. The molecule has 0 saturated carbocycles. The molecule has 1 radical (unpaired) electrons. The SMILES string of the molecule is CCCc1ccc(-c2c([O])cc(F)c(C(F)(F)Oc3cc(F)c(OC(F)F)c(F)c3)c2F)c(F)c1. The second-order valence-corrected chi connectivity index (χ2v) is 7.20. The number of halogens is 9. The Morgan fingerprint density at radius 3 is 2.06 bits per heavy atom. The highest BCUT2D eigenvalue weighted by Gasteiger charge is 2.43. The normalized spacial score (nSPS) is 11.7. The van der Waals surface area contributed by atoms with Crippen LogP contribution < -0.4 is 9.47 Å². The topological polar surface area (TPSA) is 38.4 Å². The van der Waals surface area contributed by atoms with Crippen LogP contribution in [0.25, 0.3) is 11.1 Å². The summed E-state index contributed by atoms with van der Waals surface area (Å²) in [5.41, 5.74) is -3.61. The van der Waals surface area contributed by atoms with Gasteiger partial charge in [-0.05, 0) is 18.1 Å². The summed E-state index contributed by atoms with van der Waals surface area (Å²) < 4.78 is 133. The Morgan fingerprint density at radius 1 is 0.886 bits per heavy atom. The van der Waals surface area contributed by atoms with E-state index in [1.807, 2.05) is 0 Å². The Hall–Kier alpha value is -3.57. The second-order valence-electron chi connectivity index (χ2n) is 7.20. The van der Waals surface area contributed by atoms with Crippen LogP contribution in [0.3, 0.4) is 0 Å². The van der Waals surface area contributed by atoms with Gasteiger partial charge in [-0.15, -0.1) is 0 Å². The predicted molar refractivity (Wildman–Crippen MR) is 103 cm³/mol. The van der Waals surface area contributed by atoms with Crippen molar-refractivity contribution >= 4 is 0 Å². The zero-order valence-electron chi connectivity index (χ0n) is 17.6. The Balaban J connectivity index is 2.07. The van der Waals surface area contributed by atoms with Crippen LogP contribution in [-0.2, 0) is 17.6 Å². The summed E-state index contributed by atoms with van der Waals surface area (Å²) in [6.07, 6.45) is -3.93. The van der Waals surface area contributed by atoms with Crippen molar-refractivity contribution < 1.29 is 54.1 Å². The maximum absolute atomic E-state index is 15.1. The zero-order chi connectivity index (χ0) is 26.1. The molecule has 3 rings (SSSR count). The van der Waals surface area contributed by atoms with E-state index in [1.54, 1.807) is 6.92 Å². The summed E-state index contributed by atoms with van der Waals surface area (Å²) in [7, 11) is 0. The minimum Gasteiger partial charge on any atom is -0.429 e. The number of benzene rings is 3. The molecule has 187 valence electrons. The fraction of sp³-hybridized carbons (Fsp3) is 0.217. The third-order valence-corrected chi connectivity index (χ3v) is 4.74. The summed E-state index contributed by atoms with van der Waals surface area (Å²) >= 11 is 0. The molecule has 0 fully saturated rings. The quantitative estimate of drug-likeness (QED) is 0.290. The van der Waals surface area contributed by atoms with Gasteiger partial charge in [0.15, 0.2) is 29.0 Å². The van der Waals surface area contributed by atoms with E-state index >= 15 is 4.39 Å². The highest BCUT2D eigenvalue weighted by Crippen LogP contribution is 2.43. The van der Waals surface area contributed by atoms with Gasteiger partial charge in [-0.3, -0.25) is 5.11 Å². The van der Waals surface area contributed by atoms with Gasteiger partial charge in [-0.2, -0.15) is 17.6 Å². The molecule has 0 bridgehead atoms. The Bertz CT molecular complexity index is 1220. The van der Waals surface area contributed by atoms with Gasteiger partial charge in [0.2, 0.25) is 0 Å². The molecule has 0 aliphatic heterocycles. The maximum atomic E-state index is 15.1. The van der Waals surface area contributed by atoms with Crippen LogP contribution in [0, 0.1) is 29.1 Å². The second kappa shape index (κ2) is 9.96. The van der Waals surface area contributed by atoms with E-state index in [4.69, 9.17) is 0 Å². The van der Waals surface area contributed by atoms with Crippen molar-refractivity contribution in [3.05, 3.63) is 76.6 Å². The average molecular weight is 509 g/mol. The lowest BCUT2D eigenvalue weighted by molar-refractivity contribution is -0.189. The minimum atomic E-state index is -4.99. The predicted octanol–water partition coefficient (Wildman–Crippen LogP) is 7.88. The molecule has 0 atom stereocenters. The first-order valence-corrected chi connectivity index (χ1v) is 9.84. The summed E-state index contributed by atoms with van der Waals surface area (Å²) in [5, 5.41) is 12.2. The molecule has 0 saturated heterocycles. The van der Waals surface area contributed by atoms with Gasteiger partial charge in [-0.25, -0.2) is 22.0 Å². The molecule has 12 heteroatoms. The summed E-state index contributed by atoms with van der Waals surface area (Å²) in [6, 6.07) is 3.26. The van der Waals surface area contributed by atoms with Gasteiger partial charge in [-0.1, -0.05) is 25.5 Å². The van der Waals surface area contributed by atoms with Crippen molar-refractivity contribution in [1.82, 2.24) is 0 Å². The van der Waals surface area contributed by atoms with Gasteiger partial charge in [0, 0.05) is 23.8 Å². The van der Waals surface area contributed by atoms with E-state index < -0.39 is 75.7 Å².